The van der Waals surface area contributed by atoms with Gasteiger partial charge in [-0.25, -0.2) is 0 Å². The highest BCUT2D eigenvalue weighted by atomic mass is 16.5. The maximum absolute atomic E-state index is 5.59. The Kier molecular flexibility index (Phi) is 8.25. The quantitative estimate of drug-likeness (QED) is 0.624. The van der Waals surface area contributed by atoms with Gasteiger partial charge in [0.2, 0.25) is 0 Å². The molecule has 1 heterocycles. The first-order valence-electron chi connectivity index (χ1n) is 7.12. The zero-order valence-corrected chi connectivity index (χ0v) is 13.0. The lowest BCUT2D eigenvalue weighted by Gasteiger charge is -2.26. The lowest BCUT2D eigenvalue weighted by molar-refractivity contribution is 0.168. The monoisotopic (exact) mass is 285 g/mol. The van der Waals surface area contributed by atoms with E-state index in [0.717, 1.165) is 31.7 Å². The average molecular weight is 285 g/mol. The molecule has 0 spiro atoms. The van der Waals surface area contributed by atoms with Gasteiger partial charge in [0.1, 0.15) is 6.26 Å². The topological polar surface area (TPSA) is 59.8 Å². The minimum Gasteiger partial charge on any atom is -0.432 e. The third kappa shape index (κ3) is 5.48. The summed E-state index contributed by atoms with van der Waals surface area (Å²) in [4.78, 5) is 6.59. The summed E-state index contributed by atoms with van der Waals surface area (Å²) in [6, 6.07) is 0.810. The molecule has 1 N–H and O–H groups in total. The van der Waals surface area contributed by atoms with Crippen LogP contribution in [-0.2, 0) is 16.0 Å². The van der Waals surface area contributed by atoms with Crippen LogP contribution in [0.25, 0.3) is 0 Å². The maximum Gasteiger partial charge on any atom is 0.297 e. The first-order chi connectivity index (χ1) is 9.72. The average Bonchev–Trinajstić information content (AvgIpc) is 2.88. The minimum absolute atomic E-state index is 0.185. The van der Waals surface area contributed by atoms with Crippen LogP contribution < -0.4 is 10.2 Å². The Labute approximate surface area is 121 Å². The van der Waals surface area contributed by atoms with E-state index < -0.39 is 0 Å². The highest BCUT2D eigenvalue weighted by molar-refractivity contribution is 5.28. The second-order valence-electron chi connectivity index (χ2n) is 4.79. The Balaban J connectivity index is 2.64. The van der Waals surface area contributed by atoms with Crippen LogP contribution in [0, 0.1) is 0 Å². The van der Waals surface area contributed by atoms with E-state index in [1.165, 1.54) is 0 Å². The molecule has 6 heteroatoms. The van der Waals surface area contributed by atoms with E-state index >= 15 is 0 Å². The van der Waals surface area contributed by atoms with Crippen molar-refractivity contribution in [2.45, 2.75) is 32.9 Å². The predicted molar refractivity (Wildman–Crippen MR) is 79.1 cm³/mol. The fraction of sp³-hybridized carbons (Fsp3) is 0.786. The number of nitrogens with one attached hydrogen (secondary N) is 1. The third-order valence-corrected chi connectivity index (χ3v) is 2.99. The molecule has 0 aliphatic rings. The number of oxazole rings is 1. The zero-order valence-electron chi connectivity index (χ0n) is 13.0. The van der Waals surface area contributed by atoms with Gasteiger partial charge in [0.25, 0.3) is 6.01 Å². The second kappa shape index (κ2) is 9.74. The molecule has 0 saturated carbocycles. The van der Waals surface area contributed by atoms with Gasteiger partial charge in [-0.3, -0.25) is 0 Å². The van der Waals surface area contributed by atoms with Crippen LogP contribution in [0.5, 0.6) is 0 Å². The number of rotatable bonds is 11. The van der Waals surface area contributed by atoms with Gasteiger partial charge >= 0.3 is 0 Å². The molecule has 0 bridgehead atoms. The van der Waals surface area contributed by atoms with Gasteiger partial charge < -0.3 is 24.1 Å². The summed E-state index contributed by atoms with van der Waals surface area (Å²) >= 11 is 0. The normalized spacial score (nSPS) is 12.6. The molecule has 6 nitrogen and oxygen atoms in total. The first-order valence-corrected chi connectivity index (χ1v) is 7.12. The van der Waals surface area contributed by atoms with E-state index in [-0.39, 0.29) is 6.04 Å². The molecular formula is C14H27N3O3. The molecule has 0 amide bonds. The molecule has 0 radical (unpaired) electrons. The molecule has 0 aliphatic heterocycles. The number of methoxy groups -OCH3 is 2. The fourth-order valence-electron chi connectivity index (χ4n) is 1.93. The predicted octanol–water partition coefficient (Wildman–Crippen LogP) is 1.66. The van der Waals surface area contributed by atoms with Crippen molar-refractivity contribution in [1.82, 2.24) is 10.3 Å². The van der Waals surface area contributed by atoms with Crippen molar-refractivity contribution in [2.75, 3.05) is 45.4 Å². The van der Waals surface area contributed by atoms with Gasteiger partial charge in [-0.15, -0.1) is 0 Å². The van der Waals surface area contributed by atoms with Crippen LogP contribution in [0.4, 0.5) is 6.01 Å². The van der Waals surface area contributed by atoms with Crippen LogP contribution in [0.15, 0.2) is 10.7 Å². The molecule has 1 aromatic rings. The van der Waals surface area contributed by atoms with Gasteiger partial charge in [-0.1, -0.05) is 6.92 Å². The van der Waals surface area contributed by atoms with Crippen LogP contribution in [0.2, 0.25) is 0 Å². The zero-order chi connectivity index (χ0) is 14.8. The van der Waals surface area contributed by atoms with E-state index in [0.29, 0.717) is 19.2 Å². The number of hydrogen-bond donors (Lipinski definition) is 1. The number of ether oxygens (including phenoxy) is 2. The summed E-state index contributed by atoms with van der Waals surface area (Å²) < 4.78 is 15.9. The molecule has 116 valence electrons. The number of nitrogens with zero attached hydrogens (tertiary/aromatic N) is 2. The van der Waals surface area contributed by atoms with Crippen molar-refractivity contribution >= 4 is 6.01 Å². The van der Waals surface area contributed by atoms with Crippen molar-refractivity contribution < 1.29 is 13.9 Å². The molecule has 1 aromatic heterocycles. The molecule has 0 fully saturated rings. The second-order valence-corrected chi connectivity index (χ2v) is 4.79. The Morgan fingerprint density at radius 3 is 2.85 bits per heavy atom. The first kappa shape index (κ1) is 16.9. The van der Waals surface area contributed by atoms with Gasteiger partial charge in [0.05, 0.1) is 24.9 Å². The van der Waals surface area contributed by atoms with Crippen molar-refractivity contribution in [1.29, 1.82) is 0 Å². The number of aromatic nitrogens is 1. The van der Waals surface area contributed by atoms with E-state index in [4.69, 9.17) is 13.9 Å². The molecule has 1 rings (SSSR count). The van der Waals surface area contributed by atoms with Crippen LogP contribution >= 0.6 is 0 Å². The molecular weight excluding hydrogens is 258 g/mol. The van der Waals surface area contributed by atoms with E-state index in [2.05, 4.69) is 29.0 Å². The van der Waals surface area contributed by atoms with Crippen molar-refractivity contribution in [3.8, 4) is 0 Å². The van der Waals surface area contributed by atoms with E-state index in [1.54, 1.807) is 20.5 Å². The van der Waals surface area contributed by atoms with Crippen LogP contribution in [0.1, 0.15) is 26.0 Å². The summed E-state index contributed by atoms with van der Waals surface area (Å²) in [5.41, 5.74) is 0.917. The minimum atomic E-state index is 0.185. The summed E-state index contributed by atoms with van der Waals surface area (Å²) in [5.74, 6) is 0. The fourth-order valence-corrected chi connectivity index (χ4v) is 1.93. The smallest absolute Gasteiger partial charge is 0.297 e. The van der Waals surface area contributed by atoms with Gasteiger partial charge in [0, 0.05) is 27.3 Å². The number of anilines is 1. The highest BCUT2D eigenvalue weighted by Gasteiger charge is 2.19. The van der Waals surface area contributed by atoms with Crippen molar-refractivity contribution in [3.05, 3.63) is 12.0 Å². The summed E-state index contributed by atoms with van der Waals surface area (Å²) in [7, 11) is 3.38. The molecule has 1 unspecified atom stereocenters. The maximum atomic E-state index is 5.59. The van der Waals surface area contributed by atoms with Crippen LogP contribution in [-0.4, -0.2) is 51.5 Å². The molecule has 0 saturated heterocycles. The molecule has 1 atom stereocenters. The van der Waals surface area contributed by atoms with Crippen LogP contribution in [0.3, 0.4) is 0 Å². The lowest BCUT2D eigenvalue weighted by Crippen LogP contribution is -2.39. The Morgan fingerprint density at radius 2 is 2.20 bits per heavy atom. The van der Waals surface area contributed by atoms with Gasteiger partial charge in [0.15, 0.2) is 0 Å². The van der Waals surface area contributed by atoms with E-state index in [1.807, 2.05) is 0 Å². The van der Waals surface area contributed by atoms with Crippen molar-refractivity contribution in [2.24, 2.45) is 0 Å². The third-order valence-electron chi connectivity index (χ3n) is 2.99. The lowest BCUT2D eigenvalue weighted by atomic mass is 10.3. The van der Waals surface area contributed by atoms with Crippen molar-refractivity contribution in [3.63, 3.8) is 0 Å². The largest absolute Gasteiger partial charge is 0.432 e. The van der Waals surface area contributed by atoms with Gasteiger partial charge in [-0.05, 0) is 19.9 Å². The standard InChI is InChI=1S/C14H27N3O3/c1-5-6-15-9-13-11-20-14(16-13)17(7-8-18-3)12(2)10-19-4/h11-12,15H,5-10H2,1-4H3. The molecule has 0 aromatic carbocycles. The summed E-state index contributed by atoms with van der Waals surface area (Å²) in [6.45, 7) is 7.90. The number of hydrogen-bond acceptors (Lipinski definition) is 6. The Hall–Kier alpha value is -1.11. The van der Waals surface area contributed by atoms with E-state index in [9.17, 15) is 0 Å². The summed E-state index contributed by atoms with van der Waals surface area (Å²) in [6.07, 6.45) is 2.81. The SMILES string of the molecule is CCCNCc1coc(N(CCOC)C(C)COC)n1. The highest BCUT2D eigenvalue weighted by Crippen LogP contribution is 2.16. The van der Waals surface area contributed by atoms with Gasteiger partial charge in [-0.2, -0.15) is 4.98 Å². The molecule has 0 aliphatic carbocycles. The Morgan fingerprint density at radius 1 is 1.40 bits per heavy atom. The Bertz CT molecular complexity index is 357. The summed E-state index contributed by atoms with van der Waals surface area (Å²) in [5, 5.41) is 3.31. The molecule has 20 heavy (non-hydrogen) atoms.